The Hall–Kier alpha value is -3.81. The second-order valence-electron chi connectivity index (χ2n) is 8.65. The fourth-order valence-electron chi connectivity index (χ4n) is 2.92. The zero-order chi connectivity index (χ0) is 25.3. The molecule has 180 valence electrons. The maximum absolute atomic E-state index is 13.4. The van der Waals surface area contributed by atoms with E-state index in [0.29, 0.717) is 5.56 Å². The van der Waals surface area contributed by atoms with Crippen LogP contribution in [0.4, 0.5) is 4.79 Å². The number of primary amides is 1. The molecule has 0 fully saturated rings. The number of aromatic hydroxyl groups is 1. The van der Waals surface area contributed by atoms with E-state index in [1.165, 1.54) is 24.3 Å². The summed E-state index contributed by atoms with van der Waals surface area (Å²) in [5, 5.41) is 24.0. The Morgan fingerprint density at radius 3 is 2.18 bits per heavy atom. The van der Waals surface area contributed by atoms with E-state index in [4.69, 9.17) is 10.5 Å². The van der Waals surface area contributed by atoms with Gasteiger partial charge in [-0.1, -0.05) is 12.1 Å². The first kappa shape index (κ1) is 27.2. The molecule has 1 aromatic carbocycles. The molecule has 33 heavy (non-hydrogen) atoms. The highest BCUT2D eigenvalue weighted by molar-refractivity contribution is 5.94. The molecular formula is C22H31N5O6. The molecule has 0 aliphatic heterocycles. The van der Waals surface area contributed by atoms with Crippen molar-refractivity contribution in [1.82, 2.24) is 15.5 Å². The molecule has 2 unspecified atom stereocenters. The smallest absolute Gasteiger partial charge is 0.408 e. The van der Waals surface area contributed by atoms with Gasteiger partial charge in [-0.15, -0.1) is 0 Å². The lowest BCUT2D eigenvalue weighted by Gasteiger charge is -2.33. The number of carbonyl (C=O) groups is 4. The highest BCUT2D eigenvalue weighted by atomic mass is 16.6. The van der Waals surface area contributed by atoms with Gasteiger partial charge in [0.25, 0.3) is 0 Å². The molecule has 0 radical (unpaired) electrons. The molecule has 0 aromatic heterocycles. The Morgan fingerprint density at radius 1 is 1.15 bits per heavy atom. The normalized spacial score (nSPS) is 12.8. The number of carbonyl (C=O) groups excluding carboxylic acids is 4. The fourth-order valence-corrected chi connectivity index (χ4v) is 2.92. The number of nitriles is 1. The molecule has 4 amide bonds. The van der Waals surface area contributed by atoms with Crippen LogP contribution < -0.4 is 16.4 Å². The zero-order valence-corrected chi connectivity index (χ0v) is 19.4. The van der Waals surface area contributed by atoms with Crippen LogP contribution in [0.15, 0.2) is 24.3 Å². The van der Waals surface area contributed by atoms with Crippen LogP contribution >= 0.6 is 0 Å². The maximum Gasteiger partial charge on any atom is 0.408 e. The number of amides is 4. The van der Waals surface area contributed by atoms with Gasteiger partial charge < -0.3 is 31.1 Å². The van der Waals surface area contributed by atoms with Gasteiger partial charge in [-0.3, -0.25) is 14.4 Å². The predicted octanol–water partition coefficient (Wildman–Crippen LogP) is 1.08. The van der Waals surface area contributed by atoms with E-state index < -0.39 is 54.5 Å². The summed E-state index contributed by atoms with van der Waals surface area (Å²) < 4.78 is 5.15. The number of rotatable bonds is 9. The van der Waals surface area contributed by atoms with E-state index in [2.05, 4.69) is 10.6 Å². The van der Waals surface area contributed by atoms with Crippen molar-refractivity contribution in [2.75, 3.05) is 6.54 Å². The van der Waals surface area contributed by atoms with Gasteiger partial charge in [0, 0.05) is 6.04 Å². The van der Waals surface area contributed by atoms with E-state index >= 15 is 0 Å². The summed E-state index contributed by atoms with van der Waals surface area (Å²) in [5.74, 6) is -2.40. The van der Waals surface area contributed by atoms with Gasteiger partial charge in [-0.2, -0.15) is 5.26 Å². The second-order valence-corrected chi connectivity index (χ2v) is 8.65. The van der Waals surface area contributed by atoms with E-state index in [1.54, 1.807) is 34.6 Å². The number of hydrogen-bond donors (Lipinski definition) is 4. The number of nitrogens with two attached hydrogens (primary N) is 1. The van der Waals surface area contributed by atoms with Crippen LogP contribution in [0.3, 0.4) is 0 Å². The Kier molecular flexibility index (Phi) is 9.66. The number of benzene rings is 1. The van der Waals surface area contributed by atoms with E-state index in [0.717, 1.165) is 4.90 Å². The van der Waals surface area contributed by atoms with Crippen LogP contribution in [0, 0.1) is 11.3 Å². The van der Waals surface area contributed by atoms with Crippen LogP contribution in [-0.2, 0) is 19.1 Å². The molecule has 0 aliphatic rings. The van der Waals surface area contributed by atoms with Crippen LogP contribution in [-0.4, -0.2) is 58.1 Å². The highest BCUT2D eigenvalue weighted by Gasteiger charge is 2.37. The quantitative estimate of drug-likeness (QED) is 0.398. The van der Waals surface area contributed by atoms with Crippen LogP contribution in [0.2, 0.25) is 0 Å². The lowest BCUT2D eigenvalue weighted by atomic mass is 10.0. The summed E-state index contributed by atoms with van der Waals surface area (Å²) in [7, 11) is 0. The molecule has 2 atom stereocenters. The second kappa shape index (κ2) is 11.7. The number of ether oxygens (including phenoxy) is 1. The number of nitrogens with one attached hydrogen (secondary N) is 2. The van der Waals surface area contributed by atoms with Gasteiger partial charge in [0.1, 0.15) is 30.0 Å². The first-order valence-electron chi connectivity index (χ1n) is 10.3. The molecule has 0 aliphatic carbocycles. The van der Waals surface area contributed by atoms with Crippen molar-refractivity contribution < 1.29 is 29.0 Å². The number of alkyl carbamates (subject to hydrolysis) is 1. The van der Waals surface area contributed by atoms with Crippen LogP contribution in [0.25, 0.3) is 0 Å². The van der Waals surface area contributed by atoms with Gasteiger partial charge in [0.05, 0.1) is 12.5 Å². The molecule has 0 bridgehead atoms. The summed E-state index contributed by atoms with van der Waals surface area (Å²) in [5.41, 5.74) is 4.70. The lowest BCUT2D eigenvalue weighted by molar-refractivity contribution is -0.142. The number of phenols is 1. The van der Waals surface area contributed by atoms with Crippen molar-refractivity contribution in [3.05, 3.63) is 29.8 Å². The van der Waals surface area contributed by atoms with Gasteiger partial charge in [-0.25, -0.2) is 4.79 Å². The molecule has 1 aromatic rings. The largest absolute Gasteiger partial charge is 0.508 e. The van der Waals surface area contributed by atoms with Gasteiger partial charge in [0.15, 0.2) is 0 Å². The Labute approximate surface area is 192 Å². The summed E-state index contributed by atoms with van der Waals surface area (Å²) in [4.78, 5) is 51.3. The first-order valence-corrected chi connectivity index (χ1v) is 10.3. The molecular weight excluding hydrogens is 430 g/mol. The first-order chi connectivity index (χ1) is 15.2. The van der Waals surface area contributed by atoms with Gasteiger partial charge >= 0.3 is 6.09 Å². The van der Waals surface area contributed by atoms with Gasteiger partial charge in [-0.05, 0) is 52.3 Å². The Balaban J connectivity index is 3.41. The molecule has 0 heterocycles. The van der Waals surface area contributed by atoms with Gasteiger partial charge in [0.2, 0.25) is 17.7 Å². The molecule has 0 saturated heterocycles. The third kappa shape index (κ3) is 9.06. The third-order valence-corrected chi connectivity index (χ3v) is 4.12. The van der Waals surface area contributed by atoms with Crippen molar-refractivity contribution in [3.63, 3.8) is 0 Å². The Morgan fingerprint density at radius 2 is 1.73 bits per heavy atom. The zero-order valence-electron chi connectivity index (χ0n) is 19.4. The summed E-state index contributed by atoms with van der Waals surface area (Å²) >= 11 is 0. The van der Waals surface area contributed by atoms with E-state index in [-0.39, 0.29) is 11.8 Å². The van der Waals surface area contributed by atoms with Crippen molar-refractivity contribution in [1.29, 1.82) is 5.26 Å². The number of hydrogen-bond acceptors (Lipinski definition) is 7. The SMILES string of the molecule is CC(C)NC(=O)C(c1ccc(O)cc1)N(CC#N)C(=O)C(CC(N)=O)NC(=O)OC(C)(C)C. The minimum Gasteiger partial charge on any atom is -0.508 e. The lowest BCUT2D eigenvalue weighted by Crippen LogP contribution is -2.54. The fraction of sp³-hybridized carbons (Fsp3) is 0.500. The standard InChI is InChI=1S/C22H31N5O6/c1-13(2)25-19(30)18(14-6-8-15(28)9-7-14)27(11-10-23)20(31)16(12-17(24)29)26-21(32)33-22(3,4)5/h6-9,13,16,18,28H,11-12H2,1-5H3,(H2,24,29)(H,25,30)(H,26,32). The minimum absolute atomic E-state index is 0.0573. The van der Waals surface area contributed by atoms with E-state index in [1.807, 2.05) is 6.07 Å². The summed E-state index contributed by atoms with van der Waals surface area (Å²) in [6.07, 6.45) is -1.54. The third-order valence-electron chi connectivity index (χ3n) is 4.12. The predicted molar refractivity (Wildman–Crippen MR) is 118 cm³/mol. The number of nitrogens with zero attached hydrogens (tertiary/aromatic N) is 2. The van der Waals surface area contributed by atoms with Crippen molar-refractivity contribution in [3.8, 4) is 11.8 Å². The van der Waals surface area contributed by atoms with Crippen LogP contribution in [0.5, 0.6) is 5.75 Å². The average Bonchev–Trinajstić information content (AvgIpc) is 2.65. The molecule has 5 N–H and O–H groups in total. The maximum atomic E-state index is 13.4. The molecule has 11 nitrogen and oxygen atoms in total. The van der Waals surface area contributed by atoms with Crippen LogP contribution in [0.1, 0.15) is 52.6 Å². The minimum atomic E-state index is -1.47. The monoisotopic (exact) mass is 461 g/mol. The summed E-state index contributed by atoms with van der Waals surface area (Å²) in [6.45, 7) is 7.79. The molecule has 1 rings (SSSR count). The van der Waals surface area contributed by atoms with Crippen molar-refractivity contribution in [2.45, 2.75) is 64.8 Å². The molecule has 11 heteroatoms. The summed E-state index contributed by atoms with van der Waals surface area (Å²) in [6, 6.07) is 4.33. The highest BCUT2D eigenvalue weighted by Crippen LogP contribution is 2.25. The van der Waals surface area contributed by atoms with Crippen molar-refractivity contribution in [2.24, 2.45) is 5.73 Å². The number of phenolic OH excluding ortho intramolecular Hbond substituents is 1. The average molecular weight is 462 g/mol. The molecule has 0 spiro atoms. The van der Waals surface area contributed by atoms with Crippen molar-refractivity contribution >= 4 is 23.8 Å². The molecule has 0 saturated carbocycles. The Bertz CT molecular complexity index is 901. The topological polar surface area (TPSA) is 175 Å². The van der Waals surface area contributed by atoms with E-state index in [9.17, 15) is 29.5 Å².